The number of benzene rings is 2. The summed E-state index contributed by atoms with van der Waals surface area (Å²) in [5.74, 6) is -0.0710. The van der Waals surface area contributed by atoms with Gasteiger partial charge in [-0.05, 0) is 49.4 Å². The van der Waals surface area contributed by atoms with Gasteiger partial charge >= 0.3 is 0 Å². The highest BCUT2D eigenvalue weighted by Gasteiger charge is 2.44. The summed E-state index contributed by atoms with van der Waals surface area (Å²) in [7, 11) is 0. The molecule has 0 radical (unpaired) electrons. The number of hydrogen-bond donors (Lipinski definition) is 0. The predicted octanol–water partition coefficient (Wildman–Crippen LogP) is 5.96. The summed E-state index contributed by atoms with van der Waals surface area (Å²) < 4.78 is 0. The van der Waals surface area contributed by atoms with Crippen LogP contribution in [-0.4, -0.2) is 11.6 Å². The zero-order valence-corrected chi connectivity index (χ0v) is 16.9. The fraction of sp³-hybridized carbons (Fsp3) is 0.280. The number of halogens is 1. The quantitative estimate of drug-likeness (QED) is 0.621. The number of carbonyl (C=O) groups excluding carboxylic acids is 2. The Morgan fingerprint density at radius 1 is 0.724 bits per heavy atom. The molecule has 0 atom stereocenters. The Balaban J connectivity index is 1.81. The van der Waals surface area contributed by atoms with E-state index in [9.17, 15) is 9.59 Å². The molecule has 2 aliphatic carbocycles. The highest BCUT2D eigenvalue weighted by atomic mass is 35.5. The standard InChI is InChI=1S/C25H22ClNO2/c26-18-11-5-4-10-17(18)23-24-19(12-6-14-21(24)28)27(16-8-2-1-3-9-16)20-13-7-15-22(29)25(20)23/h1-5,8-11,23H,6-7,12-15H2. The van der Waals surface area contributed by atoms with Crippen molar-refractivity contribution < 1.29 is 9.59 Å². The van der Waals surface area contributed by atoms with Gasteiger partial charge in [-0.25, -0.2) is 0 Å². The zero-order valence-electron chi connectivity index (χ0n) is 16.2. The van der Waals surface area contributed by atoms with E-state index in [2.05, 4.69) is 17.0 Å². The maximum Gasteiger partial charge on any atom is 0.161 e. The molecule has 0 saturated carbocycles. The van der Waals surface area contributed by atoms with Gasteiger partial charge in [-0.1, -0.05) is 48.0 Å². The summed E-state index contributed by atoms with van der Waals surface area (Å²) in [6, 6.07) is 17.8. The van der Waals surface area contributed by atoms with Crippen LogP contribution < -0.4 is 4.90 Å². The number of ketones is 2. The van der Waals surface area contributed by atoms with Crippen molar-refractivity contribution in [2.24, 2.45) is 0 Å². The van der Waals surface area contributed by atoms with Crippen LogP contribution in [0.15, 0.2) is 77.1 Å². The monoisotopic (exact) mass is 403 g/mol. The highest BCUT2D eigenvalue weighted by Crippen LogP contribution is 2.51. The Bertz CT molecular complexity index is 1020. The second-order valence-corrected chi connectivity index (χ2v) is 8.31. The molecule has 3 aliphatic rings. The molecule has 0 saturated heterocycles. The largest absolute Gasteiger partial charge is 0.317 e. The van der Waals surface area contributed by atoms with Crippen LogP contribution in [0.25, 0.3) is 0 Å². The summed E-state index contributed by atoms with van der Waals surface area (Å²) in [4.78, 5) is 28.6. The topological polar surface area (TPSA) is 37.4 Å². The maximum atomic E-state index is 13.2. The van der Waals surface area contributed by atoms with Gasteiger partial charge in [-0.15, -0.1) is 0 Å². The molecule has 0 spiro atoms. The van der Waals surface area contributed by atoms with Gasteiger partial charge in [0.15, 0.2) is 11.6 Å². The van der Waals surface area contributed by atoms with Crippen LogP contribution in [0, 0.1) is 0 Å². The van der Waals surface area contributed by atoms with Gasteiger partial charge in [0.25, 0.3) is 0 Å². The first-order chi connectivity index (χ1) is 14.2. The van der Waals surface area contributed by atoms with Gasteiger partial charge in [0, 0.05) is 52.0 Å². The number of para-hydroxylation sites is 1. The molecule has 0 unspecified atom stereocenters. The predicted molar refractivity (Wildman–Crippen MR) is 115 cm³/mol. The minimum absolute atomic E-state index is 0.141. The molecule has 2 aromatic carbocycles. The van der Waals surface area contributed by atoms with Crippen LogP contribution >= 0.6 is 11.6 Å². The Hall–Kier alpha value is -2.65. The second kappa shape index (κ2) is 7.31. The molecule has 0 N–H and O–H groups in total. The van der Waals surface area contributed by atoms with Crippen LogP contribution in [0.3, 0.4) is 0 Å². The molecule has 4 heteroatoms. The summed E-state index contributed by atoms with van der Waals surface area (Å²) in [5, 5.41) is 0.612. The van der Waals surface area contributed by atoms with Gasteiger partial charge in [0.1, 0.15) is 0 Å². The van der Waals surface area contributed by atoms with Crippen LogP contribution in [-0.2, 0) is 9.59 Å². The van der Waals surface area contributed by atoms with E-state index in [-0.39, 0.29) is 17.5 Å². The Morgan fingerprint density at radius 3 is 1.86 bits per heavy atom. The molecule has 29 heavy (non-hydrogen) atoms. The molecule has 0 fully saturated rings. The van der Waals surface area contributed by atoms with E-state index in [0.29, 0.717) is 17.9 Å². The van der Waals surface area contributed by atoms with Crippen molar-refractivity contribution in [2.45, 2.75) is 44.4 Å². The second-order valence-electron chi connectivity index (χ2n) is 7.90. The van der Waals surface area contributed by atoms with Crippen LogP contribution in [0.1, 0.15) is 50.0 Å². The van der Waals surface area contributed by atoms with Gasteiger partial charge in [-0.2, -0.15) is 0 Å². The van der Waals surface area contributed by atoms with Crippen molar-refractivity contribution in [3.05, 3.63) is 87.7 Å². The molecule has 2 aromatic rings. The van der Waals surface area contributed by atoms with E-state index in [1.807, 2.05) is 42.5 Å². The number of rotatable bonds is 2. The lowest BCUT2D eigenvalue weighted by molar-refractivity contribution is -0.116. The van der Waals surface area contributed by atoms with Crippen molar-refractivity contribution >= 4 is 28.9 Å². The smallest absolute Gasteiger partial charge is 0.161 e. The molecule has 1 aliphatic heterocycles. The molecule has 5 rings (SSSR count). The fourth-order valence-corrected chi connectivity index (χ4v) is 5.27. The van der Waals surface area contributed by atoms with Crippen LogP contribution in [0.4, 0.5) is 5.69 Å². The van der Waals surface area contributed by atoms with E-state index in [1.165, 1.54) is 0 Å². The third kappa shape index (κ3) is 2.96. The number of allylic oxidation sites excluding steroid dienone is 4. The highest BCUT2D eigenvalue weighted by molar-refractivity contribution is 6.31. The summed E-state index contributed by atoms with van der Waals surface area (Å²) in [5.41, 5.74) is 5.52. The Kier molecular flexibility index (Phi) is 4.63. The lowest BCUT2D eigenvalue weighted by atomic mass is 9.71. The lowest BCUT2D eigenvalue weighted by Crippen LogP contribution is -2.39. The van der Waals surface area contributed by atoms with Crippen LogP contribution in [0.2, 0.25) is 5.02 Å². The lowest BCUT2D eigenvalue weighted by Gasteiger charge is -2.44. The van der Waals surface area contributed by atoms with Crippen molar-refractivity contribution in [2.75, 3.05) is 4.90 Å². The van der Waals surface area contributed by atoms with E-state index < -0.39 is 0 Å². The molecule has 3 nitrogen and oxygen atoms in total. The van der Waals surface area contributed by atoms with E-state index in [1.54, 1.807) is 0 Å². The number of nitrogens with zero attached hydrogens (tertiary/aromatic N) is 1. The Morgan fingerprint density at radius 2 is 1.28 bits per heavy atom. The van der Waals surface area contributed by atoms with E-state index >= 15 is 0 Å². The van der Waals surface area contributed by atoms with Gasteiger partial charge in [-0.3, -0.25) is 9.59 Å². The Labute approximate surface area is 175 Å². The third-order valence-corrected chi connectivity index (χ3v) is 6.55. The van der Waals surface area contributed by atoms with Crippen molar-refractivity contribution in [1.29, 1.82) is 0 Å². The van der Waals surface area contributed by atoms with Crippen molar-refractivity contribution in [3.8, 4) is 0 Å². The van der Waals surface area contributed by atoms with Crippen molar-refractivity contribution in [1.82, 2.24) is 0 Å². The first-order valence-corrected chi connectivity index (χ1v) is 10.7. The summed E-state index contributed by atoms with van der Waals surface area (Å²) >= 11 is 6.59. The molecule has 0 aromatic heterocycles. The maximum absolute atomic E-state index is 13.2. The van der Waals surface area contributed by atoms with E-state index in [0.717, 1.165) is 59.5 Å². The fourth-order valence-electron chi connectivity index (χ4n) is 5.03. The number of Topliss-reactive ketones (excluding diaryl/α,β-unsaturated/α-hetero) is 2. The molecule has 0 amide bonds. The van der Waals surface area contributed by atoms with Gasteiger partial charge in [0.05, 0.1) is 0 Å². The minimum Gasteiger partial charge on any atom is -0.317 e. The summed E-state index contributed by atoms with van der Waals surface area (Å²) in [6.07, 6.45) is 4.40. The normalized spacial score (nSPS) is 20.1. The SMILES string of the molecule is O=C1CCCC2=C1C(c1ccccc1Cl)C1=C(CCCC1=O)N2c1ccccc1. The molecule has 0 bridgehead atoms. The van der Waals surface area contributed by atoms with Crippen molar-refractivity contribution in [3.63, 3.8) is 0 Å². The minimum atomic E-state index is -0.353. The molecular formula is C25H22ClNO2. The first kappa shape index (κ1) is 18.4. The van der Waals surface area contributed by atoms with E-state index in [4.69, 9.17) is 11.6 Å². The summed E-state index contributed by atoms with van der Waals surface area (Å²) in [6.45, 7) is 0. The molecule has 1 heterocycles. The molecular weight excluding hydrogens is 382 g/mol. The van der Waals surface area contributed by atoms with Gasteiger partial charge < -0.3 is 4.90 Å². The van der Waals surface area contributed by atoms with Crippen LogP contribution in [0.5, 0.6) is 0 Å². The third-order valence-electron chi connectivity index (χ3n) is 6.21. The molecule has 146 valence electrons. The zero-order chi connectivity index (χ0) is 20.0. The number of hydrogen-bond acceptors (Lipinski definition) is 3. The number of carbonyl (C=O) groups is 2. The average molecular weight is 404 g/mol. The number of anilines is 1. The average Bonchev–Trinajstić information content (AvgIpc) is 2.74. The first-order valence-electron chi connectivity index (χ1n) is 10.3. The van der Waals surface area contributed by atoms with Gasteiger partial charge in [0.2, 0.25) is 0 Å².